The lowest BCUT2D eigenvalue weighted by atomic mass is 10.2. The van der Waals surface area contributed by atoms with E-state index in [1.54, 1.807) is 23.2 Å². The van der Waals surface area contributed by atoms with Crippen LogP contribution in [0.3, 0.4) is 0 Å². The number of carbonyl (C=O) groups is 1. The number of pyridine rings is 1. The van der Waals surface area contributed by atoms with Crippen molar-refractivity contribution in [3.63, 3.8) is 0 Å². The summed E-state index contributed by atoms with van der Waals surface area (Å²) < 4.78 is 1.89. The third kappa shape index (κ3) is 4.09. The molecule has 26 heavy (non-hydrogen) atoms. The molecule has 0 aliphatic rings. The number of halogens is 2. The first kappa shape index (κ1) is 18.5. The normalized spacial score (nSPS) is 10.8. The molecule has 0 radical (unpaired) electrons. The topological polar surface area (TPSA) is 38.1 Å². The molecule has 0 bridgehead atoms. The standard InChI is InChI=1S/C20H19Cl2N3O/c1-14-6-9-19(24(14)2)20(26)25(13-16-5-3-4-10-23-16)12-15-7-8-17(21)18(22)11-15/h3-11H,12-13H2,1-2H3. The molecule has 2 heterocycles. The second-order valence-electron chi connectivity index (χ2n) is 6.15. The molecule has 134 valence electrons. The molecule has 0 aliphatic carbocycles. The van der Waals surface area contributed by atoms with Crippen LogP contribution in [0.1, 0.15) is 27.4 Å². The van der Waals surface area contributed by atoms with Gasteiger partial charge >= 0.3 is 0 Å². The van der Waals surface area contributed by atoms with Gasteiger partial charge in [-0.1, -0.05) is 35.3 Å². The number of carbonyl (C=O) groups excluding carboxylic acids is 1. The Bertz CT molecular complexity index is 922. The number of aromatic nitrogens is 2. The molecule has 4 nitrogen and oxygen atoms in total. The lowest BCUT2D eigenvalue weighted by Gasteiger charge is -2.23. The van der Waals surface area contributed by atoms with Gasteiger partial charge in [0.2, 0.25) is 0 Å². The summed E-state index contributed by atoms with van der Waals surface area (Å²) in [4.78, 5) is 19.3. The Morgan fingerprint density at radius 1 is 1.08 bits per heavy atom. The van der Waals surface area contributed by atoms with E-state index in [1.807, 2.05) is 54.9 Å². The molecule has 0 atom stereocenters. The summed E-state index contributed by atoms with van der Waals surface area (Å²) in [5.74, 6) is -0.0580. The van der Waals surface area contributed by atoms with Crippen molar-refractivity contribution in [2.75, 3.05) is 0 Å². The van der Waals surface area contributed by atoms with Gasteiger partial charge in [0, 0.05) is 25.5 Å². The maximum atomic E-state index is 13.2. The van der Waals surface area contributed by atoms with Crippen LogP contribution in [0.15, 0.2) is 54.7 Å². The van der Waals surface area contributed by atoms with Crippen molar-refractivity contribution in [3.05, 3.63) is 87.4 Å². The Morgan fingerprint density at radius 2 is 1.88 bits per heavy atom. The molecule has 6 heteroatoms. The van der Waals surface area contributed by atoms with Gasteiger partial charge in [-0.15, -0.1) is 0 Å². The zero-order valence-corrected chi connectivity index (χ0v) is 16.1. The largest absolute Gasteiger partial charge is 0.344 e. The monoisotopic (exact) mass is 387 g/mol. The second kappa shape index (κ2) is 7.94. The van der Waals surface area contributed by atoms with Gasteiger partial charge in [-0.3, -0.25) is 9.78 Å². The minimum atomic E-state index is -0.0580. The number of benzene rings is 1. The highest BCUT2D eigenvalue weighted by atomic mass is 35.5. The summed E-state index contributed by atoms with van der Waals surface area (Å²) in [5.41, 5.74) is 3.40. The Balaban J connectivity index is 1.91. The molecule has 0 N–H and O–H groups in total. The smallest absolute Gasteiger partial charge is 0.271 e. The van der Waals surface area contributed by atoms with E-state index in [2.05, 4.69) is 4.98 Å². The minimum Gasteiger partial charge on any atom is -0.344 e. The van der Waals surface area contributed by atoms with Crippen LogP contribution < -0.4 is 0 Å². The molecule has 0 saturated carbocycles. The molecular weight excluding hydrogens is 369 g/mol. The molecular formula is C20H19Cl2N3O. The molecule has 2 aromatic heterocycles. The van der Waals surface area contributed by atoms with E-state index in [0.717, 1.165) is 17.0 Å². The van der Waals surface area contributed by atoms with Crippen molar-refractivity contribution in [2.45, 2.75) is 20.0 Å². The first-order valence-electron chi connectivity index (χ1n) is 8.21. The fraction of sp³-hybridized carbons (Fsp3) is 0.200. The molecule has 0 saturated heterocycles. The number of rotatable bonds is 5. The first-order valence-corrected chi connectivity index (χ1v) is 8.96. The summed E-state index contributed by atoms with van der Waals surface area (Å²) >= 11 is 12.1. The predicted octanol–water partition coefficient (Wildman–Crippen LogP) is 4.88. The van der Waals surface area contributed by atoms with Crippen molar-refractivity contribution in [2.24, 2.45) is 7.05 Å². The maximum Gasteiger partial charge on any atom is 0.271 e. The van der Waals surface area contributed by atoms with Gasteiger partial charge in [0.1, 0.15) is 5.69 Å². The van der Waals surface area contributed by atoms with Gasteiger partial charge in [0.05, 0.1) is 22.3 Å². The summed E-state index contributed by atoms with van der Waals surface area (Å²) in [6, 6.07) is 14.9. The molecule has 3 aromatic rings. The van der Waals surface area contributed by atoms with Gasteiger partial charge in [-0.25, -0.2) is 0 Å². The van der Waals surface area contributed by atoms with Crippen molar-refractivity contribution >= 4 is 29.1 Å². The highest BCUT2D eigenvalue weighted by molar-refractivity contribution is 6.42. The SMILES string of the molecule is Cc1ccc(C(=O)N(Cc2ccc(Cl)c(Cl)c2)Cc2ccccn2)n1C. The van der Waals surface area contributed by atoms with Gasteiger partial charge in [-0.05, 0) is 48.9 Å². The molecule has 3 rings (SSSR count). The molecule has 0 spiro atoms. The van der Waals surface area contributed by atoms with Crippen LogP contribution in [0, 0.1) is 6.92 Å². The van der Waals surface area contributed by atoms with E-state index >= 15 is 0 Å². The molecule has 1 aromatic carbocycles. The quantitative estimate of drug-likeness (QED) is 0.625. The fourth-order valence-corrected chi connectivity index (χ4v) is 3.06. The Morgan fingerprint density at radius 3 is 2.50 bits per heavy atom. The Hall–Kier alpha value is -2.30. The van der Waals surface area contributed by atoms with Gasteiger partial charge in [-0.2, -0.15) is 0 Å². The van der Waals surface area contributed by atoms with Crippen molar-refractivity contribution < 1.29 is 4.79 Å². The van der Waals surface area contributed by atoms with Gasteiger partial charge in [0.15, 0.2) is 0 Å². The van der Waals surface area contributed by atoms with Gasteiger partial charge in [0.25, 0.3) is 5.91 Å². The van der Waals surface area contributed by atoms with Crippen molar-refractivity contribution in [3.8, 4) is 0 Å². The number of aryl methyl sites for hydroxylation is 1. The Labute approximate surface area is 163 Å². The second-order valence-corrected chi connectivity index (χ2v) is 6.96. The molecule has 0 fully saturated rings. The van der Waals surface area contributed by atoms with E-state index < -0.39 is 0 Å². The lowest BCUT2D eigenvalue weighted by Crippen LogP contribution is -2.31. The van der Waals surface area contributed by atoms with Crippen molar-refractivity contribution in [1.29, 1.82) is 0 Å². The van der Waals surface area contributed by atoms with Crippen LogP contribution in [0.5, 0.6) is 0 Å². The summed E-state index contributed by atoms with van der Waals surface area (Å²) in [5, 5.41) is 0.972. The first-order chi connectivity index (χ1) is 12.5. The number of nitrogens with zero attached hydrogens (tertiary/aromatic N) is 3. The number of amides is 1. The van der Waals surface area contributed by atoms with Crippen LogP contribution in [0.25, 0.3) is 0 Å². The number of hydrogen-bond donors (Lipinski definition) is 0. The van der Waals surface area contributed by atoms with E-state index in [-0.39, 0.29) is 5.91 Å². The average molecular weight is 388 g/mol. The lowest BCUT2D eigenvalue weighted by molar-refractivity contribution is 0.0718. The third-order valence-corrected chi connectivity index (χ3v) is 5.05. The zero-order chi connectivity index (χ0) is 18.7. The van der Waals surface area contributed by atoms with E-state index in [0.29, 0.717) is 28.8 Å². The molecule has 1 amide bonds. The average Bonchev–Trinajstić information content (AvgIpc) is 2.97. The summed E-state index contributed by atoms with van der Waals surface area (Å²) in [7, 11) is 1.89. The van der Waals surface area contributed by atoms with Gasteiger partial charge < -0.3 is 9.47 Å². The van der Waals surface area contributed by atoms with E-state index in [4.69, 9.17) is 23.2 Å². The summed E-state index contributed by atoms with van der Waals surface area (Å²) in [6.45, 7) is 2.79. The zero-order valence-electron chi connectivity index (χ0n) is 14.6. The molecule has 0 aliphatic heterocycles. The summed E-state index contributed by atoms with van der Waals surface area (Å²) in [6.07, 6.45) is 1.73. The van der Waals surface area contributed by atoms with Crippen LogP contribution in [0.2, 0.25) is 10.0 Å². The fourth-order valence-electron chi connectivity index (χ4n) is 2.73. The Kier molecular flexibility index (Phi) is 5.64. The van der Waals surface area contributed by atoms with Crippen LogP contribution in [-0.4, -0.2) is 20.4 Å². The predicted molar refractivity (Wildman–Crippen MR) is 104 cm³/mol. The molecule has 0 unspecified atom stereocenters. The van der Waals surface area contributed by atoms with Crippen LogP contribution >= 0.6 is 23.2 Å². The van der Waals surface area contributed by atoms with E-state index in [1.165, 1.54) is 0 Å². The highest BCUT2D eigenvalue weighted by Crippen LogP contribution is 2.24. The highest BCUT2D eigenvalue weighted by Gasteiger charge is 2.20. The third-order valence-electron chi connectivity index (χ3n) is 4.32. The van der Waals surface area contributed by atoms with Crippen LogP contribution in [0.4, 0.5) is 0 Å². The van der Waals surface area contributed by atoms with E-state index in [9.17, 15) is 4.79 Å². The minimum absolute atomic E-state index is 0.0580. The van der Waals surface area contributed by atoms with Crippen molar-refractivity contribution in [1.82, 2.24) is 14.5 Å². The number of hydrogen-bond acceptors (Lipinski definition) is 2. The van der Waals surface area contributed by atoms with Crippen LogP contribution in [-0.2, 0) is 20.1 Å². The maximum absolute atomic E-state index is 13.2.